The normalized spacial score (nSPS) is 29.2. The van der Waals surface area contributed by atoms with Crippen molar-refractivity contribution in [1.82, 2.24) is 19.4 Å². The number of ether oxygens (including phenoxy) is 1. The monoisotopic (exact) mass is 298 g/mol. The largest absolute Gasteiger partial charge is 0.371 e. The summed E-state index contributed by atoms with van der Waals surface area (Å²) in [5, 5.41) is 0. The number of rotatable bonds is 3. The molecule has 4 heterocycles. The van der Waals surface area contributed by atoms with Crippen molar-refractivity contribution in [3.8, 4) is 0 Å². The lowest BCUT2D eigenvalue weighted by Crippen LogP contribution is -2.47. The van der Waals surface area contributed by atoms with Gasteiger partial charge in [-0.15, -0.1) is 0 Å². The molecule has 2 fully saturated rings. The molecule has 1 spiro atoms. The zero-order chi connectivity index (χ0) is 14.8. The molecular weight excluding hydrogens is 276 g/mol. The lowest BCUT2D eigenvalue weighted by atomic mass is 9.88. The van der Waals surface area contributed by atoms with Gasteiger partial charge in [0, 0.05) is 44.3 Å². The molecule has 2 atom stereocenters. The van der Waals surface area contributed by atoms with Gasteiger partial charge in [-0.05, 0) is 31.0 Å². The van der Waals surface area contributed by atoms with E-state index in [0.29, 0.717) is 6.04 Å². The SMILES string of the molecule is c1cncc(CN2CCC[C@]3(C[C@@H](n4ccnc4)CO3)C2)c1. The summed E-state index contributed by atoms with van der Waals surface area (Å²) in [4.78, 5) is 10.9. The number of piperidine rings is 1. The molecule has 0 saturated carbocycles. The smallest absolute Gasteiger partial charge is 0.0949 e. The highest BCUT2D eigenvalue weighted by Crippen LogP contribution is 2.39. The molecule has 5 heteroatoms. The van der Waals surface area contributed by atoms with E-state index in [9.17, 15) is 0 Å². The molecule has 2 aromatic rings. The maximum Gasteiger partial charge on any atom is 0.0949 e. The zero-order valence-electron chi connectivity index (χ0n) is 12.8. The second-order valence-corrected chi connectivity index (χ2v) is 6.54. The van der Waals surface area contributed by atoms with Crippen LogP contribution in [0.4, 0.5) is 0 Å². The summed E-state index contributed by atoms with van der Waals surface area (Å²) >= 11 is 0. The Balaban J connectivity index is 1.43. The molecule has 0 bridgehead atoms. The van der Waals surface area contributed by atoms with Crippen LogP contribution in [0.3, 0.4) is 0 Å². The van der Waals surface area contributed by atoms with Gasteiger partial charge in [-0.3, -0.25) is 9.88 Å². The minimum atomic E-state index is 0.0232. The van der Waals surface area contributed by atoms with Crippen molar-refractivity contribution in [3.63, 3.8) is 0 Å². The second-order valence-electron chi connectivity index (χ2n) is 6.54. The minimum absolute atomic E-state index is 0.0232. The van der Waals surface area contributed by atoms with E-state index in [1.165, 1.54) is 18.4 Å². The van der Waals surface area contributed by atoms with E-state index in [0.717, 1.165) is 32.7 Å². The summed E-state index contributed by atoms with van der Waals surface area (Å²) in [6.45, 7) is 3.94. The van der Waals surface area contributed by atoms with E-state index >= 15 is 0 Å². The number of nitrogens with zero attached hydrogens (tertiary/aromatic N) is 4. The van der Waals surface area contributed by atoms with Crippen molar-refractivity contribution < 1.29 is 4.74 Å². The van der Waals surface area contributed by atoms with E-state index < -0.39 is 0 Å². The Morgan fingerprint density at radius 2 is 2.32 bits per heavy atom. The van der Waals surface area contributed by atoms with Crippen LogP contribution in [0.15, 0.2) is 43.2 Å². The van der Waals surface area contributed by atoms with Crippen molar-refractivity contribution in [3.05, 3.63) is 48.8 Å². The van der Waals surface area contributed by atoms with Crippen LogP contribution < -0.4 is 0 Å². The third-order valence-corrected chi connectivity index (χ3v) is 4.88. The summed E-state index contributed by atoms with van der Waals surface area (Å²) in [6, 6.07) is 4.59. The van der Waals surface area contributed by atoms with Crippen LogP contribution in [0.25, 0.3) is 0 Å². The van der Waals surface area contributed by atoms with Gasteiger partial charge in [-0.2, -0.15) is 0 Å². The average Bonchev–Trinajstić information content (AvgIpc) is 3.19. The molecule has 116 valence electrons. The third-order valence-electron chi connectivity index (χ3n) is 4.88. The van der Waals surface area contributed by atoms with Gasteiger partial charge in [0.05, 0.1) is 24.6 Å². The number of pyridine rings is 1. The van der Waals surface area contributed by atoms with Gasteiger partial charge in [0.15, 0.2) is 0 Å². The van der Waals surface area contributed by atoms with E-state index in [2.05, 4.69) is 25.5 Å². The van der Waals surface area contributed by atoms with Crippen molar-refractivity contribution in [2.45, 2.75) is 37.5 Å². The average molecular weight is 298 g/mol. The van der Waals surface area contributed by atoms with Crippen molar-refractivity contribution >= 4 is 0 Å². The van der Waals surface area contributed by atoms with Gasteiger partial charge in [-0.1, -0.05) is 6.07 Å². The maximum atomic E-state index is 6.28. The second kappa shape index (κ2) is 5.82. The quantitative estimate of drug-likeness (QED) is 0.872. The maximum absolute atomic E-state index is 6.28. The Hall–Kier alpha value is -1.72. The first kappa shape index (κ1) is 13.9. The lowest BCUT2D eigenvalue weighted by molar-refractivity contribution is -0.0535. The van der Waals surface area contributed by atoms with Crippen LogP contribution in [0, 0.1) is 0 Å². The highest BCUT2D eigenvalue weighted by Gasteiger charge is 2.43. The minimum Gasteiger partial charge on any atom is -0.371 e. The van der Waals surface area contributed by atoms with Gasteiger partial charge >= 0.3 is 0 Å². The molecule has 2 aromatic heterocycles. The number of hydrogen-bond donors (Lipinski definition) is 0. The van der Waals surface area contributed by atoms with E-state index in [1.54, 1.807) is 0 Å². The van der Waals surface area contributed by atoms with E-state index in [4.69, 9.17) is 4.74 Å². The Kier molecular flexibility index (Phi) is 3.68. The lowest BCUT2D eigenvalue weighted by Gasteiger charge is -2.39. The topological polar surface area (TPSA) is 43.2 Å². The molecule has 0 amide bonds. The highest BCUT2D eigenvalue weighted by atomic mass is 16.5. The summed E-state index contributed by atoms with van der Waals surface area (Å²) < 4.78 is 8.47. The summed E-state index contributed by atoms with van der Waals surface area (Å²) in [5.41, 5.74) is 1.30. The van der Waals surface area contributed by atoms with Crippen LogP contribution in [-0.4, -0.2) is 44.7 Å². The van der Waals surface area contributed by atoms with E-state index in [-0.39, 0.29) is 5.60 Å². The molecule has 5 nitrogen and oxygen atoms in total. The van der Waals surface area contributed by atoms with E-state index in [1.807, 2.05) is 37.2 Å². The first-order valence-electron chi connectivity index (χ1n) is 8.06. The number of imidazole rings is 1. The number of likely N-dealkylation sites (tertiary alicyclic amines) is 1. The Morgan fingerprint density at radius 3 is 3.14 bits per heavy atom. The molecule has 0 N–H and O–H groups in total. The standard InChI is InChI=1S/C17H22N4O/c1-3-15(10-18-5-1)11-20-7-2-4-17(13-20)9-16(12-22-17)21-8-6-19-14-21/h1,3,5-6,8,10,14,16H,2,4,7,9,11-13H2/t16-,17+/m1/s1. The van der Waals surface area contributed by atoms with Crippen LogP contribution >= 0.6 is 0 Å². The predicted octanol–water partition coefficient (Wildman–Crippen LogP) is 2.27. The summed E-state index contributed by atoms with van der Waals surface area (Å²) in [6.07, 6.45) is 13.1. The Labute approximate surface area is 130 Å². The van der Waals surface area contributed by atoms with Gasteiger partial charge in [0.1, 0.15) is 0 Å². The number of aromatic nitrogens is 3. The van der Waals surface area contributed by atoms with Gasteiger partial charge < -0.3 is 9.30 Å². The number of hydrogen-bond acceptors (Lipinski definition) is 4. The van der Waals surface area contributed by atoms with Gasteiger partial charge in [0.25, 0.3) is 0 Å². The van der Waals surface area contributed by atoms with Crippen molar-refractivity contribution in [2.75, 3.05) is 19.7 Å². The molecular formula is C17H22N4O. The molecule has 0 radical (unpaired) electrons. The molecule has 22 heavy (non-hydrogen) atoms. The molecule has 2 aliphatic heterocycles. The predicted molar refractivity (Wildman–Crippen MR) is 83.3 cm³/mol. The van der Waals surface area contributed by atoms with Crippen LogP contribution in [0.1, 0.15) is 30.9 Å². The van der Waals surface area contributed by atoms with Crippen LogP contribution in [0.2, 0.25) is 0 Å². The fraction of sp³-hybridized carbons (Fsp3) is 0.529. The summed E-state index contributed by atoms with van der Waals surface area (Å²) in [7, 11) is 0. The molecule has 0 aliphatic carbocycles. The van der Waals surface area contributed by atoms with Crippen molar-refractivity contribution in [2.24, 2.45) is 0 Å². The Bertz CT molecular complexity index is 600. The first-order valence-corrected chi connectivity index (χ1v) is 8.06. The first-order chi connectivity index (χ1) is 10.8. The molecule has 2 saturated heterocycles. The van der Waals surface area contributed by atoms with Crippen LogP contribution in [-0.2, 0) is 11.3 Å². The zero-order valence-corrected chi connectivity index (χ0v) is 12.8. The molecule has 4 rings (SSSR count). The Morgan fingerprint density at radius 1 is 1.32 bits per heavy atom. The van der Waals surface area contributed by atoms with Gasteiger partial charge in [-0.25, -0.2) is 4.98 Å². The molecule has 0 unspecified atom stereocenters. The fourth-order valence-electron chi connectivity index (χ4n) is 3.86. The van der Waals surface area contributed by atoms with Gasteiger partial charge in [0.2, 0.25) is 0 Å². The fourth-order valence-corrected chi connectivity index (χ4v) is 3.86. The molecule has 0 aromatic carbocycles. The van der Waals surface area contributed by atoms with Crippen LogP contribution in [0.5, 0.6) is 0 Å². The third kappa shape index (κ3) is 2.78. The molecule has 2 aliphatic rings. The highest BCUT2D eigenvalue weighted by molar-refractivity contribution is 5.09. The summed E-state index contributed by atoms with van der Waals surface area (Å²) in [5.74, 6) is 0. The van der Waals surface area contributed by atoms with Crippen molar-refractivity contribution in [1.29, 1.82) is 0 Å².